The highest BCUT2D eigenvalue weighted by atomic mass is 19.4. The molecule has 2 saturated heterocycles. The Kier molecular flexibility index (Phi) is 6.97. The normalized spacial score (nSPS) is 20.1. The number of likely N-dealkylation sites (tertiary alicyclic amines) is 2. The highest BCUT2D eigenvalue weighted by Gasteiger charge is 2.33. The Labute approximate surface area is 190 Å². The van der Waals surface area contributed by atoms with Crippen molar-refractivity contribution in [1.82, 2.24) is 20.1 Å². The maximum Gasteiger partial charge on any atom is 0.433 e. The summed E-state index contributed by atoms with van der Waals surface area (Å²) < 4.78 is 37.8. The van der Waals surface area contributed by atoms with Crippen LogP contribution in [0.1, 0.15) is 46.8 Å². The number of pyridine rings is 1. The van der Waals surface area contributed by atoms with Crippen LogP contribution in [0.25, 0.3) is 0 Å². The molecule has 0 spiro atoms. The number of halogens is 3. The Bertz CT molecular complexity index is 958. The zero-order chi connectivity index (χ0) is 23.4. The van der Waals surface area contributed by atoms with Crippen molar-refractivity contribution in [1.29, 1.82) is 0 Å². The fourth-order valence-electron chi connectivity index (χ4n) is 4.66. The van der Waals surface area contributed by atoms with E-state index in [4.69, 9.17) is 0 Å². The van der Waals surface area contributed by atoms with E-state index in [9.17, 15) is 22.8 Å². The molecule has 6 nitrogen and oxygen atoms in total. The molecule has 4 rings (SSSR count). The van der Waals surface area contributed by atoms with Crippen LogP contribution in [-0.2, 0) is 11.0 Å². The van der Waals surface area contributed by atoms with Gasteiger partial charge in [0.05, 0.1) is 12.1 Å². The molecular weight excluding hydrogens is 433 g/mol. The third-order valence-electron chi connectivity index (χ3n) is 6.55. The molecule has 1 atom stereocenters. The van der Waals surface area contributed by atoms with Gasteiger partial charge in [0.2, 0.25) is 5.91 Å². The van der Waals surface area contributed by atoms with Crippen molar-refractivity contribution in [2.24, 2.45) is 0 Å². The number of carbonyl (C=O) groups is 2. The molecule has 1 N–H and O–H groups in total. The number of benzene rings is 1. The van der Waals surface area contributed by atoms with Crippen LogP contribution >= 0.6 is 0 Å². The topological polar surface area (TPSA) is 65.5 Å². The van der Waals surface area contributed by atoms with Crippen molar-refractivity contribution >= 4 is 11.8 Å². The van der Waals surface area contributed by atoms with Gasteiger partial charge in [-0.3, -0.25) is 19.5 Å². The highest BCUT2D eigenvalue weighted by molar-refractivity contribution is 5.96. The molecule has 2 fully saturated rings. The van der Waals surface area contributed by atoms with E-state index < -0.39 is 17.8 Å². The summed E-state index contributed by atoms with van der Waals surface area (Å²) >= 11 is 0. The Morgan fingerprint density at radius 3 is 2.36 bits per heavy atom. The van der Waals surface area contributed by atoms with Crippen molar-refractivity contribution in [3.8, 4) is 0 Å². The number of alkyl halides is 3. The predicted octanol–water partition coefficient (Wildman–Crippen LogP) is 3.31. The quantitative estimate of drug-likeness (QED) is 0.744. The molecule has 176 valence electrons. The molecule has 2 aromatic rings. The van der Waals surface area contributed by atoms with Gasteiger partial charge >= 0.3 is 6.18 Å². The van der Waals surface area contributed by atoms with Gasteiger partial charge in [0.25, 0.3) is 5.91 Å². The number of piperidine rings is 1. The molecule has 1 aromatic carbocycles. The molecule has 1 unspecified atom stereocenters. The first-order valence-electron chi connectivity index (χ1n) is 11.2. The molecule has 1 aromatic heterocycles. The number of amides is 2. The first kappa shape index (κ1) is 23.2. The van der Waals surface area contributed by atoms with E-state index in [2.05, 4.69) is 39.5 Å². The number of hydrogen-bond donors (Lipinski definition) is 1. The van der Waals surface area contributed by atoms with Crippen LogP contribution in [0, 0.1) is 0 Å². The zero-order valence-corrected chi connectivity index (χ0v) is 18.2. The summed E-state index contributed by atoms with van der Waals surface area (Å²) in [6.07, 6.45) is -0.586. The molecule has 0 radical (unpaired) electrons. The number of rotatable bonds is 5. The number of aromatic nitrogens is 1. The Hall–Kier alpha value is -2.94. The third-order valence-corrected chi connectivity index (χ3v) is 6.55. The summed E-state index contributed by atoms with van der Waals surface area (Å²) in [6.45, 7) is 3.09. The predicted molar refractivity (Wildman–Crippen MR) is 117 cm³/mol. The Balaban J connectivity index is 1.22. The van der Waals surface area contributed by atoms with Crippen molar-refractivity contribution < 1.29 is 22.8 Å². The average molecular weight is 461 g/mol. The van der Waals surface area contributed by atoms with Crippen LogP contribution in [0.15, 0.2) is 48.7 Å². The van der Waals surface area contributed by atoms with Gasteiger partial charge in [0.1, 0.15) is 5.69 Å². The van der Waals surface area contributed by atoms with E-state index >= 15 is 0 Å². The Morgan fingerprint density at radius 1 is 1.00 bits per heavy atom. The number of nitrogens with one attached hydrogen (secondary N) is 1. The van der Waals surface area contributed by atoms with Gasteiger partial charge < -0.3 is 10.2 Å². The zero-order valence-electron chi connectivity index (χ0n) is 18.2. The summed E-state index contributed by atoms with van der Waals surface area (Å²) in [5.41, 5.74) is 0.307. The fraction of sp³-hybridized carbons (Fsp3) is 0.458. The van der Waals surface area contributed by atoms with Crippen LogP contribution in [0.4, 0.5) is 13.2 Å². The second-order valence-corrected chi connectivity index (χ2v) is 8.62. The number of hydrogen-bond acceptors (Lipinski definition) is 4. The van der Waals surface area contributed by atoms with Gasteiger partial charge in [-0.1, -0.05) is 30.3 Å². The lowest BCUT2D eigenvalue weighted by atomic mass is 9.89. The highest BCUT2D eigenvalue weighted by Crippen LogP contribution is 2.30. The van der Waals surface area contributed by atoms with Gasteiger partial charge in [0.15, 0.2) is 0 Å². The van der Waals surface area contributed by atoms with Crippen LogP contribution in [0.3, 0.4) is 0 Å². The second kappa shape index (κ2) is 9.91. The van der Waals surface area contributed by atoms with Crippen LogP contribution < -0.4 is 5.32 Å². The summed E-state index contributed by atoms with van der Waals surface area (Å²) in [4.78, 5) is 32.2. The van der Waals surface area contributed by atoms with Gasteiger partial charge in [-0.15, -0.1) is 0 Å². The first-order valence-corrected chi connectivity index (χ1v) is 11.2. The standard InChI is InChI=1S/C24H27F3N4O2/c25-24(26,27)21-7-6-19(14-28-21)23(33)29-15-22(32)31-13-10-20(16-31)30-11-8-18(9-12-30)17-4-2-1-3-5-17/h1-7,14,18,20H,8-13,15-16H2,(H,29,33). The van der Waals surface area contributed by atoms with E-state index in [1.807, 2.05) is 6.07 Å². The molecule has 33 heavy (non-hydrogen) atoms. The lowest BCUT2D eigenvalue weighted by Gasteiger charge is -2.36. The minimum Gasteiger partial charge on any atom is -0.343 e. The van der Waals surface area contributed by atoms with E-state index in [0.717, 1.165) is 50.7 Å². The summed E-state index contributed by atoms with van der Waals surface area (Å²) in [7, 11) is 0. The molecular formula is C24H27F3N4O2. The van der Waals surface area contributed by atoms with E-state index in [1.165, 1.54) is 5.56 Å². The van der Waals surface area contributed by atoms with Crippen LogP contribution in [-0.4, -0.2) is 65.4 Å². The molecule has 0 aliphatic carbocycles. The van der Waals surface area contributed by atoms with E-state index in [1.54, 1.807) is 4.90 Å². The first-order chi connectivity index (χ1) is 15.8. The van der Waals surface area contributed by atoms with Crippen molar-refractivity contribution in [3.63, 3.8) is 0 Å². The molecule has 9 heteroatoms. The molecule has 3 heterocycles. The monoisotopic (exact) mass is 460 g/mol. The van der Waals surface area contributed by atoms with Gasteiger partial charge in [-0.05, 0) is 56.0 Å². The number of carbonyl (C=O) groups excluding carboxylic acids is 2. The maximum atomic E-state index is 12.6. The molecule has 2 aliphatic heterocycles. The molecule has 2 aliphatic rings. The van der Waals surface area contributed by atoms with E-state index in [0.29, 0.717) is 25.0 Å². The van der Waals surface area contributed by atoms with Crippen LogP contribution in [0.2, 0.25) is 0 Å². The third kappa shape index (κ3) is 5.71. The smallest absolute Gasteiger partial charge is 0.343 e. The summed E-state index contributed by atoms with van der Waals surface area (Å²) in [5.74, 6) is -0.232. The van der Waals surface area contributed by atoms with Crippen molar-refractivity contribution in [2.45, 2.75) is 37.4 Å². The minimum absolute atomic E-state index is 0.0172. The van der Waals surface area contributed by atoms with Gasteiger partial charge in [0, 0.05) is 25.3 Å². The largest absolute Gasteiger partial charge is 0.433 e. The van der Waals surface area contributed by atoms with Crippen LogP contribution in [0.5, 0.6) is 0 Å². The van der Waals surface area contributed by atoms with E-state index in [-0.39, 0.29) is 18.0 Å². The van der Waals surface area contributed by atoms with Gasteiger partial charge in [-0.25, -0.2) is 0 Å². The fourth-order valence-corrected chi connectivity index (χ4v) is 4.66. The SMILES string of the molecule is O=C(NCC(=O)N1CCC(N2CCC(c3ccccc3)CC2)C1)c1ccc(C(F)(F)F)nc1. The average Bonchev–Trinajstić information content (AvgIpc) is 3.33. The lowest BCUT2D eigenvalue weighted by Crippen LogP contribution is -2.44. The molecule has 0 saturated carbocycles. The second-order valence-electron chi connectivity index (χ2n) is 8.62. The Morgan fingerprint density at radius 2 is 1.73 bits per heavy atom. The maximum absolute atomic E-state index is 12.6. The van der Waals surface area contributed by atoms with Gasteiger partial charge in [-0.2, -0.15) is 13.2 Å². The van der Waals surface area contributed by atoms with Crippen molar-refractivity contribution in [2.75, 3.05) is 32.7 Å². The van der Waals surface area contributed by atoms with Crippen molar-refractivity contribution in [3.05, 3.63) is 65.5 Å². The molecule has 0 bridgehead atoms. The minimum atomic E-state index is -4.56. The summed E-state index contributed by atoms with van der Waals surface area (Å²) in [6, 6.07) is 12.7. The number of nitrogens with zero attached hydrogens (tertiary/aromatic N) is 3. The lowest BCUT2D eigenvalue weighted by molar-refractivity contribution is -0.141. The molecule has 2 amide bonds. The summed E-state index contributed by atoms with van der Waals surface area (Å²) in [5, 5.41) is 2.49.